The minimum absolute atomic E-state index is 0.151. The molecule has 4 heteroatoms. The standard InChI is InChI=1S/C13H29N3O/c1-5-16(6-2)11-7-9-15-13(17)8-10-14-12(3)4/h12,14H,5-11H2,1-4H3,(H,15,17). The van der Waals surface area contributed by atoms with E-state index in [9.17, 15) is 4.79 Å². The minimum Gasteiger partial charge on any atom is -0.356 e. The lowest BCUT2D eigenvalue weighted by Crippen LogP contribution is -2.32. The van der Waals surface area contributed by atoms with Crippen molar-refractivity contribution < 1.29 is 4.79 Å². The van der Waals surface area contributed by atoms with Crippen LogP contribution in [0.15, 0.2) is 0 Å². The second-order valence-corrected chi connectivity index (χ2v) is 4.59. The Morgan fingerprint density at radius 3 is 2.35 bits per heavy atom. The van der Waals surface area contributed by atoms with Gasteiger partial charge in [-0.3, -0.25) is 4.79 Å². The Balaban J connectivity index is 3.38. The minimum atomic E-state index is 0.151. The van der Waals surface area contributed by atoms with Crippen molar-refractivity contribution in [2.75, 3.05) is 32.7 Å². The second-order valence-electron chi connectivity index (χ2n) is 4.59. The Morgan fingerprint density at radius 2 is 1.82 bits per heavy atom. The largest absolute Gasteiger partial charge is 0.356 e. The zero-order chi connectivity index (χ0) is 13.1. The van der Waals surface area contributed by atoms with E-state index in [1.165, 1.54) is 0 Å². The maximum atomic E-state index is 11.4. The summed E-state index contributed by atoms with van der Waals surface area (Å²) in [7, 11) is 0. The van der Waals surface area contributed by atoms with Gasteiger partial charge >= 0.3 is 0 Å². The summed E-state index contributed by atoms with van der Waals surface area (Å²) in [6.07, 6.45) is 1.61. The molecule has 2 N–H and O–H groups in total. The molecule has 102 valence electrons. The molecular weight excluding hydrogens is 214 g/mol. The first-order chi connectivity index (χ1) is 8.10. The number of nitrogens with one attached hydrogen (secondary N) is 2. The van der Waals surface area contributed by atoms with E-state index >= 15 is 0 Å². The van der Waals surface area contributed by atoms with Gasteiger partial charge in [-0.1, -0.05) is 27.7 Å². The molecule has 4 nitrogen and oxygen atoms in total. The van der Waals surface area contributed by atoms with E-state index < -0.39 is 0 Å². The maximum Gasteiger partial charge on any atom is 0.221 e. The summed E-state index contributed by atoms with van der Waals surface area (Å²) in [5, 5.41) is 6.19. The van der Waals surface area contributed by atoms with Gasteiger partial charge in [-0.25, -0.2) is 0 Å². The Labute approximate surface area is 106 Å². The van der Waals surface area contributed by atoms with Gasteiger partial charge in [0.25, 0.3) is 0 Å². The van der Waals surface area contributed by atoms with Crippen LogP contribution in [-0.4, -0.2) is 49.6 Å². The van der Waals surface area contributed by atoms with Gasteiger partial charge in [0.05, 0.1) is 0 Å². The number of amides is 1. The number of nitrogens with zero attached hydrogens (tertiary/aromatic N) is 1. The zero-order valence-corrected chi connectivity index (χ0v) is 11.9. The van der Waals surface area contributed by atoms with Crippen molar-refractivity contribution in [2.24, 2.45) is 0 Å². The number of carbonyl (C=O) groups is 1. The molecule has 0 aliphatic rings. The lowest BCUT2D eigenvalue weighted by Gasteiger charge is -2.17. The fourth-order valence-corrected chi connectivity index (χ4v) is 1.63. The predicted molar refractivity (Wildman–Crippen MR) is 73.2 cm³/mol. The molecule has 0 aromatic rings. The molecule has 17 heavy (non-hydrogen) atoms. The summed E-state index contributed by atoms with van der Waals surface area (Å²) < 4.78 is 0. The van der Waals surface area contributed by atoms with Gasteiger partial charge in [-0.2, -0.15) is 0 Å². The quantitative estimate of drug-likeness (QED) is 0.567. The molecule has 0 rings (SSSR count). The third-order valence-electron chi connectivity index (χ3n) is 2.77. The highest BCUT2D eigenvalue weighted by Crippen LogP contribution is 1.89. The van der Waals surface area contributed by atoms with Gasteiger partial charge < -0.3 is 15.5 Å². The summed E-state index contributed by atoms with van der Waals surface area (Å²) in [6.45, 7) is 13.3. The third-order valence-corrected chi connectivity index (χ3v) is 2.77. The van der Waals surface area contributed by atoms with Crippen molar-refractivity contribution >= 4 is 5.91 Å². The fourth-order valence-electron chi connectivity index (χ4n) is 1.63. The molecule has 0 fully saturated rings. The van der Waals surface area contributed by atoms with Crippen LogP contribution in [0.1, 0.15) is 40.5 Å². The molecule has 0 spiro atoms. The van der Waals surface area contributed by atoms with Gasteiger partial charge in [0.1, 0.15) is 0 Å². The predicted octanol–water partition coefficient (Wildman–Crippen LogP) is 1.22. The van der Waals surface area contributed by atoms with Crippen LogP contribution in [0, 0.1) is 0 Å². The molecule has 0 aliphatic heterocycles. The first-order valence-corrected chi connectivity index (χ1v) is 6.82. The smallest absolute Gasteiger partial charge is 0.221 e. The molecule has 0 bridgehead atoms. The first kappa shape index (κ1) is 16.4. The highest BCUT2D eigenvalue weighted by molar-refractivity contribution is 5.75. The lowest BCUT2D eigenvalue weighted by molar-refractivity contribution is -0.121. The van der Waals surface area contributed by atoms with E-state index in [-0.39, 0.29) is 5.91 Å². The number of rotatable bonds is 10. The second kappa shape index (κ2) is 10.5. The topological polar surface area (TPSA) is 44.4 Å². The van der Waals surface area contributed by atoms with Crippen LogP contribution in [0.2, 0.25) is 0 Å². The molecule has 0 unspecified atom stereocenters. The zero-order valence-electron chi connectivity index (χ0n) is 11.9. The summed E-state index contributed by atoms with van der Waals surface area (Å²) >= 11 is 0. The van der Waals surface area contributed by atoms with E-state index in [2.05, 4.69) is 43.2 Å². The van der Waals surface area contributed by atoms with Gasteiger partial charge in [0.2, 0.25) is 5.91 Å². The van der Waals surface area contributed by atoms with Crippen LogP contribution in [-0.2, 0) is 4.79 Å². The van der Waals surface area contributed by atoms with Crippen molar-refractivity contribution in [3.63, 3.8) is 0 Å². The van der Waals surface area contributed by atoms with Gasteiger partial charge in [-0.15, -0.1) is 0 Å². The summed E-state index contributed by atoms with van der Waals surface area (Å²) in [5.41, 5.74) is 0. The van der Waals surface area contributed by atoms with Gasteiger partial charge in [0, 0.05) is 25.6 Å². The van der Waals surface area contributed by atoms with Crippen LogP contribution in [0.25, 0.3) is 0 Å². The number of carbonyl (C=O) groups excluding carboxylic acids is 1. The highest BCUT2D eigenvalue weighted by atomic mass is 16.1. The van der Waals surface area contributed by atoms with Crippen molar-refractivity contribution in [1.29, 1.82) is 0 Å². The average molecular weight is 243 g/mol. The summed E-state index contributed by atoms with van der Waals surface area (Å²) in [4.78, 5) is 13.8. The van der Waals surface area contributed by atoms with Crippen LogP contribution in [0.5, 0.6) is 0 Å². The van der Waals surface area contributed by atoms with Crippen LogP contribution in [0.3, 0.4) is 0 Å². The summed E-state index contributed by atoms with van der Waals surface area (Å²) in [5.74, 6) is 0.151. The molecule has 0 aromatic heterocycles. The number of hydrogen-bond donors (Lipinski definition) is 2. The lowest BCUT2D eigenvalue weighted by atomic mass is 10.3. The van der Waals surface area contributed by atoms with Crippen LogP contribution >= 0.6 is 0 Å². The van der Waals surface area contributed by atoms with Gasteiger partial charge in [-0.05, 0) is 26.1 Å². The van der Waals surface area contributed by atoms with Crippen molar-refractivity contribution in [1.82, 2.24) is 15.5 Å². The Kier molecular flexibility index (Phi) is 10.2. The first-order valence-electron chi connectivity index (χ1n) is 6.82. The van der Waals surface area contributed by atoms with Crippen molar-refractivity contribution in [3.05, 3.63) is 0 Å². The molecule has 0 heterocycles. The fraction of sp³-hybridized carbons (Fsp3) is 0.923. The molecular formula is C13H29N3O. The van der Waals surface area contributed by atoms with E-state index in [0.29, 0.717) is 12.5 Å². The van der Waals surface area contributed by atoms with Crippen LogP contribution in [0.4, 0.5) is 0 Å². The van der Waals surface area contributed by atoms with E-state index in [1.807, 2.05) is 0 Å². The molecule has 0 aliphatic carbocycles. The van der Waals surface area contributed by atoms with Crippen molar-refractivity contribution in [2.45, 2.75) is 46.6 Å². The molecule has 0 aromatic carbocycles. The normalized spacial score (nSPS) is 11.2. The maximum absolute atomic E-state index is 11.4. The highest BCUT2D eigenvalue weighted by Gasteiger charge is 2.02. The van der Waals surface area contributed by atoms with E-state index in [4.69, 9.17) is 0 Å². The SMILES string of the molecule is CCN(CC)CCCNC(=O)CCNC(C)C. The van der Waals surface area contributed by atoms with Gasteiger partial charge in [0.15, 0.2) is 0 Å². The van der Waals surface area contributed by atoms with Crippen molar-refractivity contribution in [3.8, 4) is 0 Å². The molecule has 1 amide bonds. The monoisotopic (exact) mass is 243 g/mol. The Morgan fingerprint density at radius 1 is 1.18 bits per heavy atom. The molecule has 0 saturated heterocycles. The Bertz CT molecular complexity index is 191. The number of hydrogen-bond acceptors (Lipinski definition) is 3. The third kappa shape index (κ3) is 10.3. The molecule has 0 atom stereocenters. The van der Waals surface area contributed by atoms with E-state index in [1.54, 1.807) is 0 Å². The van der Waals surface area contributed by atoms with E-state index in [0.717, 1.165) is 39.1 Å². The summed E-state index contributed by atoms with van der Waals surface area (Å²) in [6, 6.07) is 0.450. The molecule has 0 saturated carbocycles. The average Bonchev–Trinajstić information content (AvgIpc) is 2.29. The van der Waals surface area contributed by atoms with Crippen LogP contribution < -0.4 is 10.6 Å². The Hall–Kier alpha value is -0.610. The molecule has 0 radical (unpaired) electrons.